The second-order valence-electron chi connectivity index (χ2n) is 4.51. The quantitative estimate of drug-likeness (QED) is 0.822. The van der Waals surface area contributed by atoms with Gasteiger partial charge in [-0.25, -0.2) is 13.1 Å². The van der Waals surface area contributed by atoms with Gasteiger partial charge in [-0.3, -0.25) is 4.79 Å². The fourth-order valence-electron chi connectivity index (χ4n) is 2.04. The van der Waals surface area contributed by atoms with Crippen LogP contribution in [0.25, 0.3) is 0 Å². The van der Waals surface area contributed by atoms with Crippen molar-refractivity contribution >= 4 is 27.6 Å². The predicted molar refractivity (Wildman–Crippen MR) is 74.1 cm³/mol. The zero-order chi connectivity index (χ0) is 15.6. The van der Waals surface area contributed by atoms with Gasteiger partial charge in [-0.1, -0.05) is 11.6 Å². The van der Waals surface area contributed by atoms with E-state index in [1.807, 2.05) is 0 Å². The molecule has 2 atom stereocenters. The van der Waals surface area contributed by atoms with Gasteiger partial charge in [0, 0.05) is 11.1 Å². The van der Waals surface area contributed by atoms with Crippen LogP contribution in [0, 0.1) is 5.92 Å². The lowest BCUT2D eigenvalue weighted by Gasteiger charge is -2.17. The molecular formula is C12H14ClNO6S. The standard InChI is InChI=1S/C12H14ClNO6S/c1-19-10-4-7(13)2-3-11(10)21(17,18)14-9-6-20-5-8(9)12(15)16/h2-4,8-9,14H,5-6H2,1H3,(H,15,16). The van der Waals surface area contributed by atoms with E-state index in [0.717, 1.165) is 0 Å². The SMILES string of the molecule is COc1cc(Cl)ccc1S(=O)(=O)NC1COCC1C(=O)O. The average Bonchev–Trinajstić information content (AvgIpc) is 2.85. The van der Waals surface area contributed by atoms with Crippen LogP contribution in [0.15, 0.2) is 23.1 Å². The van der Waals surface area contributed by atoms with Gasteiger partial charge < -0.3 is 14.6 Å². The summed E-state index contributed by atoms with van der Waals surface area (Å²) in [7, 11) is -2.62. The number of halogens is 1. The number of nitrogens with one attached hydrogen (secondary N) is 1. The summed E-state index contributed by atoms with van der Waals surface area (Å²) in [5, 5.41) is 9.36. The highest BCUT2D eigenvalue weighted by Crippen LogP contribution is 2.28. The van der Waals surface area contributed by atoms with Crippen LogP contribution in [0.2, 0.25) is 5.02 Å². The Morgan fingerprint density at radius 2 is 2.19 bits per heavy atom. The van der Waals surface area contributed by atoms with E-state index in [1.54, 1.807) is 0 Å². The van der Waals surface area contributed by atoms with E-state index in [0.29, 0.717) is 5.02 Å². The number of hydrogen-bond acceptors (Lipinski definition) is 5. The second kappa shape index (κ2) is 6.18. The predicted octanol–water partition coefficient (Wildman–Crippen LogP) is 0.727. The molecule has 0 aliphatic carbocycles. The van der Waals surface area contributed by atoms with Crippen LogP contribution in [0.1, 0.15) is 0 Å². The van der Waals surface area contributed by atoms with E-state index in [4.69, 9.17) is 26.2 Å². The van der Waals surface area contributed by atoms with E-state index in [-0.39, 0.29) is 23.9 Å². The van der Waals surface area contributed by atoms with Crippen LogP contribution in [0.3, 0.4) is 0 Å². The van der Waals surface area contributed by atoms with Crippen LogP contribution in [-0.4, -0.2) is 45.9 Å². The highest BCUT2D eigenvalue weighted by Gasteiger charge is 2.37. The average molecular weight is 336 g/mol. The van der Waals surface area contributed by atoms with Gasteiger partial charge >= 0.3 is 5.97 Å². The summed E-state index contributed by atoms with van der Waals surface area (Å²) in [6, 6.07) is 3.26. The molecule has 1 aliphatic heterocycles. The lowest BCUT2D eigenvalue weighted by atomic mass is 10.1. The highest BCUT2D eigenvalue weighted by molar-refractivity contribution is 7.89. The zero-order valence-electron chi connectivity index (χ0n) is 11.1. The van der Waals surface area contributed by atoms with Crippen molar-refractivity contribution in [2.24, 2.45) is 5.92 Å². The Morgan fingerprint density at radius 1 is 1.48 bits per heavy atom. The number of ether oxygens (including phenoxy) is 2. The van der Waals surface area contributed by atoms with E-state index in [9.17, 15) is 13.2 Å². The zero-order valence-corrected chi connectivity index (χ0v) is 12.6. The molecule has 0 radical (unpaired) electrons. The van der Waals surface area contributed by atoms with Crippen LogP contribution in [-0.2, 0) is 19.6 Å². The number of benzene rings is 1. The number of aliphatic carboxylic acids is 1. The summed E-state index contributed by atoms with van der Waals surface area (Å²) < 4.78 is 37.1. The first-order valence-corrected chi connectivity index (χ1v) is 7.87. The molecule has 0 saturated carbocycles. The molecule has 1 aliphatic rings. The largest absolute Gasteiger partial charge is 0.495 e. The Hall–Kier alpha value is -1.35. The van der Waals surface area contributed by atoms with Crippen molar-refractivity contribution < 1.29 is 27.8 Å². The molecule has 21 heavy (non-hydrogen) atoms. The Labute approximate surface area is 126 Å². The third kappa shape index (κ3) is 3.46. The van der Waals surface area contributed by atoms with E-state index in [2.05, 4.69) is 4.72 Å². The monoisotopic (exact) mass is 335 g/mol. The van der Waals surface area contributed by atoms with Gasteiger partial charge in [-0.05, 0) is 12.1 Å². The van der Waals surface area contributed by atoms with Crippen LogP contribution in [0.5, 0.6) is 5.75 Å². The van der Waals surface area contributed by atoms with Crippen LogP contribution in [0.4, 0.5) is 0 Å². The van der Waals surface area contributed by atoms with Crippen LogP contribution >= 0.6 is 11.6 Å². The third-order valence-electron chi connectivity index (χ3n) is 3.12. The van der Waals surface area contributed by atoms with Crippen molar-refractivity contribution in [1.82, 2.24) is 4.72 Å². The van der Waals surface area contributed by atoms with Gasteiger partial charge in [0.15, 0.2) is 0 Å². The lowest BCUT2D eigenvalue weighted by molar-refractivity contribution is -0.142. The molecule has 0 amide bonds. The molecule has 1 saturated heterocycles. The van der Waals surface area contributed by atoms with Crippen molar-refractivity contribution in [2.75, 3.05) is 20.3 Å². The maximum absolute atomic E-state index is 12.4. The molecule has 2 rings (SSSR count). The molecule has 2 unspecified atom stereocenters. The molecular weight excluding hydrogens is 322 g/mol. The van der Waals surface area contributed by atoms with Crippen molar-refractivity contribution in [3.05, 3.63) is 23.2 Å². The Bertz CT molecular complexity index is 647. The van der Waals surface area contributed by atoms with Crippen LogP contribution < -0.4 is 9.46 Å². The minimum atomic E-state index is -3.95. The Balaban J connectivity index is 2.28. The summed E-state index contributed by atoms with van der Waals surface area (Å²) in [5.74, 6) is -1.94. The number of sulfonamides is 1. The van der Waals surface area contributed by atoms with E-state index < -0.39 is 28.0 Å². The molecule has 116 valence electrons. The number of methoxy groups -OCH3 is 1. The topological polar surface area (TPSA) is 102 Å². The summed E-state index contributed by atoms with van der Waals surface area (Å²) in [6.07, 6.45) is 0. The molecule has 1 fully saturated rings. The molecule has 1 aromatic carbocycles. The van der Waals surface area contributed by atoms with Gasteiger partial charge in [0.2, 0.25) is 10.0 Å². The van der Waals surface area contributed by atoms with Gasteiger partial charge in [-0.2, -0.15) is 0 Å². The first-order valence-electron chi connectivity index (χ1n) is 6.01. The van der Waals surface area contributed by atoms with Gasteiger partial charge in [-0.15, -0.1) is 0 Å². The summed E-state index contributed by atoms with van der Waals surface area (Å²) >= 11 is 5.79. The fourth-order valence-corrected chi connectivity index (χ4v) is 3.61. The maximum atomic E-state index is 12.4. The van der Waals surface area contributed by atoms with Crippen molar-refractivity contribution in [3.8, 4) is 5.75 Å². The smallest absolute Gasteiger partial charge is 0.310 e. The van der Waals surface area contributed by atoms with Crippen molar-refractivity contribution in [2.45, 2.75) is 10.9 Å². The number of carboxylic acid groups (broad SMARTS) is 1. The van der Waals surface area contributed by atoms with Crippen molar-refractivity contribution in [3.63, 3.8) is 0 Å². The first kappa shape index (κ1) is 16.0. The minimum Gasteiger partial charge on any atom is -0.495 e. The third-order valence-corrected chi connectivity index (χ3v) is 4.88. The van der Waals surface area contributed by atoms with E-state index >= 15 is 0 Å². The maximum Gasteiger partial charge on any atom is 0.310 e. The highest BCUT2D eigenvalue weighted by atomic mass is 35.5. The van der Waals surface area contributed by atoms with Gasteiger partial charge in [0.05, 0.1) is 32.3 Å². The van der Waals surface area contributed by atoms with E-state index in [1.165, 1.54) is 25.3 Å². The molecule has 7 nitrogen and oxygen atoms in total. The van der Waals surface area contributed by atoms with Gasteiger partial charge in [0.25, 0.3) is 0 Å². The number of carbonyl (C=O) groups is 1. The number of carboxylic acids is 1. The molecule has 0 spiro atoms. The lowest BCUT2D eigenvalue weighted by Crippen LogP contribution is -2.42. The summed E-state index contributed by atoms with van der Waals surface area (Å²) in [5.41, 5.74) is 0. The Kier molecular flexibility index (Phi) is 4.72. The van der Waals surface area contributed by atoms with Crippen molar-refractivity contribution in [1.29, 1.82) is 0 Å². The molecule has 2 N–H and O–H groups in total. The Morgan fingerprint density at radius 3 is 2.81 bits per heavy atom. The molecule has 0 bridgehead atoms. The molecule has 1 aromatic rings. The number of hydrogen-bond donors (Lipinski definition) is 2. The summed E-state index contributed by atoms with van der Waals surface area (Å²) in [4.78, 5) is 10.9. The molecule has 9 heteroatoms. The summed E-state index contributed by atoms with van der Waals surface area (Å²) in [6.45, 7) is -0.0215. The second-order valence-corrected chi connectivity index (χ2v) is 6.62. The minimum absolute atomic E-state index is 0.00605. The molecule has 0 aromatic heterocycles. The fraction of sp³-hybridized carbons (Fsp3) is 0.417. The van der Waals surface area contributed by atoms with Gasteiger partial charge in [0.1, 0.15) is 10.6 Å². The normalized spacial score (nSPS) is 22.2. The number of rotatable bonds is 5. The molecule has 1 heterocycles. The first-order chi connectivity index (χ1) is 9.85.